The lowest BCUT2D eigenvalue weighted by molar-refractivity contribution is 0.205. The average molecular weight is 224 g/mol. The van der Waals surface area contributed by atoms with Crippen LogP contribution in [-0.4, -0.2) is 16.3 Å². The molecule has 0 aliphatic rings. The van der Waals surface area contributed by atoms with Gasteiger partial charge in [0.15, 0.2) is 0 Å². The van der Waals surface area contributed by atoms with Crippen LogP contribution in [0.3, 0.4) is 0 Å². The largest absolute Gasteiger partial charge is 0.508 e. The molecule has 0 saturated heterocycles. The number of hydrogen-bond acceptors (Lipinski definition) is 3. The highest BCUT2D eigenvalue weighted by Crippen LogP contribution is 2.26. The number of aromatic hydroxyl groups is 2. The highest BCUT2D eigenvalue weighted by molar-refractivity contribution is 5.40. The summed E-state index contributed by atoms with van der Waals surface area (Å²) >= 11 is 0. The zero-order valence-corrected chi connectivity index (χ0v) is 9.94. The Morgan fingerprint density at radius 1 is 1.12 bits per heavy atom. The van der Waals surface area contributed by atoms with Crippen molar-refractivity contribution in [3.63, 3.8) is 0 Å². The molecule has 0 spiro atoms. The van der Waals surface area contributed by atoms with Crippen molar-refractivity contribution in [3.05, 3.63) is 18.2 Å². The standard InChI is InChI=1S/C13H20O3/c1-3-4-5-6-10(2)16-13-8-11(14)7-12(15)9-13/h7-10,14-15H,3-6H2,1-2H3/t10-/m1/s1. The molecule has 90 valence electrons. The maximum Gasteiger partial charge on any atom is 0.127 e. The first-order chi connectivity index (χ1) is 7.61. The summed E-state index contributed by atoms with van der Waals surface area (Å²) in [5.74, 6) is 0.563. The molecule has 1 aromatic rings. The van der Waals surface area contributed by atoms with Crippen LogP contribution in [0.1, 0.15) is 39.5 Å². The number of phenolic OH excluding ortho intramolecular Hbond substituents is 2. The Kier molecular flexibility index (Phi) is 4.96. The Labute approximate surface area is 96.7 Å². The summed E-state index contributed by atoms with van der Waals surface area (Å²) in [4.78, 5) is 0. The summed E-state index contributed by atoms with van der Waals surface area (Å²) < 4.78 is 5.60. The molecule has 1 aromatic carbocycles. The predicted octanol–water partition coefficient (Wildman–Crippen LogP) is 3.45. The molecule has 2 N–H and O–H groups in total. The van der Waals surface area contributed by atoms with Gasteiger partial charge in [0.05, 0.1) is 6.10 Å². The van der Waals surface area contributed by atoms with E-state index in [1.807, 2.05) is 6.92 Å². The number of unbranched alkanes of at least 4 members (excludes halogenated alkanes) is 2. The van der Waals surface area contributed by atoms with Gasteiger partial charge in [-0.3, -0.25) is 0 Å². The van der Waals surface area contributed by atoms with Gasteiger partial charge in [-0.25, -0.2) is 0 Å². The summed E-state index contributed by atoms with van der Waals surface area (Å²) in [5, 5.41) is 18.6. The highest BCUT2D eigenvalue weighted by Gasteiger charge is 2.05. The molecule has 1 rings (SSSR count). The van der Waals surface area contributed by atoms with E-state index in [0.29, 0.717) is 5.75 Å². The first kappa shape index (κ1) is 12.7. The second-order valence-corrected chi connectivity index (χ2v) is 4.11. The topological polar surface area (TPSA) is 49.7 Å². The van der Waals surface area contributed by atoms with Gasteiger partial charge in [-0.15, -0.1) is 0 Å². The van der Waals surface area contributed by atoms with Crippen LogP contribution in [0.2, 0.25) is 0 Å². The molecule has 0 amide bonds. The summed E-state index contributed by atoms with van der Waals surface area (Å²) in [5.41, 5.74) is 0. The first-order valence-corrected chi connectivity index (χ1v) is 5.81. The summed E-state index contributed by atoms with van der Waals surface area (Å²) in [6.45, 7) is 4.16. The fourth-order valence-electron chi connectivity index (χ4n) is 1.61. The van der Waals surface area contributed by atoms with Crippen LogP contribution in [-0.2, 0) is 0 Å². The quantitative estimate of drug-likeness (QED) is 0.728. The van der Waals surface area contributed by atoms with Crippen molar-refractivity contribution in [3.8, 4) is 17.2 Å². The second-order valence-electron chi connectivity index (χ2n) is 4.11. The lowest BCUT2D eigenvalue weighted by Crippen LogP contribution is -2.11. The summed E-state index contributed by atoms with van der Waals surface area (Å²) in [6, 6.07) is 4.31. The van der Waals surface area contributed by atoms with Crippen LogP contribution in [0.4, 0.5) is 0 Å². The first-order valence-electron chi connectivity index (χ1n) is 5.81. The van der Waals surface area contributed by atoms with Gasteiger partial charge in [-0.05, 0) is 19.8 Å². The monoisotopic (exact) mass is 224 g/mol. The maximum absolute atomic E-state index is 9.28. The van der Waals surface area contributed by atoms with E-state index < -0.39 is 0 Å². The van der Waals surface area contributed by atoms with Gasteiger partial charge >= 0.3 is 0 Å². The fourth-order valence-corrected chi connectivity index (χ4v) is 1.61. The zero-order chi connectivity index (χ0) is 12.0. The molecule has 0 aliphatic carbocycles. The maximum atomic E-state index is 9.28. The van der Waals surface area contributed by atoms with E-state index in [0.717, 1.165) is 12.8 Å². The van der Waals surface area contributed by atoms with Gasteiger partial charge in [-0.1, -0.05) is 19.8 Å². The predicted molar refractivity (Wildman–Crippen MR) is 64.0 cm³/mol. The Hall–Kier alpha value is -1.38. The van der Waals surface area contributed by atoms with Crippen LogP contribution in [0.25, 0.3) is 0 Å². The molecule has 0 saturated carbocycles. The van der Waals surface area contributed by atoms with Crippen molar-refractivity contribution in [2.75, 3.05) is 0 Å². The van der Waals surface area contributed by atoms with E-state index in [4.69, 9.17) is 4.74 Å². The van der Waals surface area contributed by atoms with E-state index in [2.05, 4.69) is 6.92 Å². The minimum Gasteiger partial charge on any atom is -0.508 e. The van der Waals surface area contributed by atoms with Crippen molar-refractivity contribution in [1.82, 2.24) is 0 Å². The summed E-state index contributed by atoms with van der Waals surface area (Å²) in [7, 11) is 0. The fraction of sp³-hybridized carbons (Fsp3) is 0.538. The molecule has 0 unspecified atom stereocenters. The van der Waals surface area contributed by atoms with E-state index in [-0.39, 0.29) is 17.6 Å². The molecule has 0 bridgehead atoms. The Morgan fingerprint density at radius 2 is 1.75 bits per heavy atom. The highest BCUT2D eigenvalue weighted by atomic mass is 16.5. The van der Waals surface area contributed by atoms with Crippen molar-refractivity contribution in [2.45, 2.75) is 45.6 Å². The molecule has 16 heavy (non-hydrogen) atoms. The van der Waals surface area contributed by atoms with E-state index in [1.54, 1.807) is 0 Å². The van der Waals surface area contributed by atoms with Gasteiger partial charge < -0.3 is 14.9 Å². The van der Waals surface area contributed by atoms with Gasteiger partial charge in [-0.2, -0.15) is 0 Å². The molecule has 0 aliphatic heterocycles. The van der Waals surface area contributed by atoms with Gasteiger partial charge in [0.1, 0.15) is 17.2 Å². The molecular formula is C13H20O3. The number of rotatable bonds is 6. The average Bonchev–Trinajstić information content (AvgIpc) is 2.16. The molecule has 0 heterocycles. The Balaban J connectivity index is 2.45. The zero-order valence-electron chi connectivity index (χ0n) is 9.94. The molecule has 3 nitrogen and oxygen atoms in total. The van der Waals surface area contributed by atoms with Crippen LogP contribution in [0.15, 0.2) is 18.2 Å². The van der Waals surface area contributed by atoms with Crippen LogP contribution in [0.5, 0.6) is 17.2 Å². The molecule has 0 aromatic heterocycles. The minimum absolute atomic E-state index is 0.0239. The SMILES string of the molecule is CCCCC[C@@H](C)Oc1cc(O)cc(O)c1. The van der Waals surface area contributed by atoms with Crippen LogP contribution >= 0.6 is 0 Å². The van der Waals surface area contributed by atoms with Crippen molar-refractivity contribution < 1.29 is 14.9 Å². The molecule has 0 fully saturated rings. The third-order valence-corrected chi connectivity index (χ3v) is 2.43. The second kappa shape index (κ2) is 6.26. The van der Waals surface area contributed by atoms with E-state index >= 15 is 0 Å². The lowest BCUT2D eigenvalue weighted by Gasteiger charge is -2.14. The Bertz CT molecular complexity index is 303. The molecule has 3 heteroatoms. The van der Waals surface area contributed by atoms with Crippen molar-refractivity contribution >= 4 is 0 Å². The normalized spacial score (nSPS) is 12.4. The van der Waals surface area contributed by atoms with Crippen molar-refractivity contribution in [1.29, 1.82) is 0 Å². The number of ether oxygens (including phenoxy) is 1. The summed E-state index contributed by atoms with van der Waals surface area (Å²) in [6.07, 6.45) is 4.64. The number of hydrogen-bond donors (Lipinski definition) is 2. The van der Waals surface area contributed by atoms with E-state index in [1.165, 1.54) is 31.0 Å². The molecule has 1 atom stereocenters. The molecular weight excluding hydrogens is 204 g/mol. The van der Waals surface area contributed by atoms with Gasteiger partial charge in [0.2, 0.25) is 0 Å². The van der Waals surface area contributed by atoms with Crippen molar-refractivity contribution in [2.24, 2.45) is 0 Å². The van der Waals surface area contributed by atoms with E-state index in [9.17, 15) is 10.2 Å². The lowest BCUT2D eigenvalue weighted by atomic mass is 10.1. The van der Waals surface area contributed by atoms with Crippen LogP contribution < -0.4 is 4.74 Å². The smallest absolute Gasteiger partial charge is 0.127 e. The third kappa shape index (κ3) is 4.43. The Morgan fingerprint density at radius 3 is 2.31 bits per heavy atom. The van der Waals surface area contributed by atoms with Gasteiger partial charge in [0.25, 0.3) is 0 Å². The minimum atomic E-state index is 0.0239. The number of benzene rings is 1. The third-order valence-electron chi connectivity index (χ3n) is 2.43. The van der Waals surface area contributed by atoms with Gasteiger partial charge in [0, 0.05) is 18.2 Å². The van der Waals surface area contributed by atoms with Crippen LogP contribution in [0, 0.1) is 0 Å². The molecule has 0 radical (unpaired) electrons. The number of phenols is 2.